The quantitative estimate of drug-likeness (QED) is 0.759. The van der Waals surface area contributed by atoms with Crippen LogP contribution in [-0.4, -0.2) is 49.6 Å². The van der Waals surface area contributed by atoms with E-state index >= 15 is 0 Å². The van der Waals surface area contributed by atoms with Gasteiger partial charge in [-0.15, -0.1) is 0 Å². The average molecular weight is 291 g/mol. The zero-order valence-corrected chi connectivity index (χ0v) is 14.4. The van der Waals surface area contributed by atoms with E-state index in [-0.39, 0.29) is 6.04 Å². The monoisotopic (exact) mass is 291 g/mol. The van der Waals surface area contributed by atoms with E-state index in [9.17, 15) is 0 Å². The van der Waals surface area contributed by atoms with Gasteiger partial charge in [0.15, 0.2) is 0 Å². The highest BCUT2D eigenvalue weighted by Gasteiger charge is 2.25. The summed E-state index contributed by atoms with van der Waals surface area (Å²) in [7, 11) is 4.26. The van der Waals surface area contributed by atoms with Crippen LogP contribution in [0.3, 0.4) is 0 Å². The van der Waals surface area contributed by atoms with E-state index in [4.69, 9.17) is 5.73 Å². The molecule has 0 spiro atoms. The van der Waals surface area contributed by atoms with Gasteiger partial charge in [0.25, 0.3) is 0 Å². The lowest BCUT2D eigenvalue weighted by molar-refractivity contribution is 0.136. The van der Waals surface area contributed by atoms with Gasteiger partial charge >= 0.3 is 0 Å². The van der Waals surface area contributed by atoms with E-state index in [0.717, 1.165) is 26.1 Å². The fourth-order valence-corrected chi connectivity index (χ4v) is 2.83. The summed E-state index contributed by atoms with van der Waals surface area (Å²) < 4.78 is 0. The largest absolute Gasteiger partial charge is 0.323 e. The molecule has 2 unspecified atom stereocenters. The Hall–Kier alpha value is -0.900. The minimum Gasteiger partial charge on any atom is -0.323 e. The van der Waals surface area contributed by atoms with Crippen molar-refractivity contribution in [1.29, 1.82) is 0 Å². The third-order valence-corrected chi connectivity index (χ3v) is 3.92. The van der Waals surface area contributed by atoms with Gasteiger partial charge in [-0.25, -0.2) is 0 Å². The molecule has 0 aliphatic heterocycles. The summed E-state index contributed by atoms with van der Waals surface area (Å²) in [5.41, 5.74) is 7.82. The number of benzene rings is 1. The maximum absolute atomic E-state index is 6.58. The van der Waals surface area contributed by atoms with Gasteiger partial charge in [-0.2, -0.15) is 0 Å². The molecule has 0 heterocycles. The van der Waals surface area contributed by atoms with Gasteiger partial charge < -0.3 is 10.6 Å². The molecule has 1 aromatic rings. The molecule has 3 nitrogen and oxygen atoms in total. The third kappa shape index (κ3) is 6.16. The first-order chi connectivity index (χ1) is 9.95. The highest BCUT2D eigenvalue weighted by Crippen LogP contribution is 2.22. The van der Waals surface area contributed by atoms with E-state index in [1.54, 1.807) is 0 Å². The Balaban J connectivity index is 2.83. The Morgan fingerprint density at radius 3 is 2.14 bits per heavy atom. The maximum atomic E-state index is 6.58. The fraction of sp³-hybridized carbons (Fsp3) is 0.667. The van der Waals surface area contributed by atoms with Gasteiger partial charge in [0.1, 0.15) is 0 Å². The van der Waals surface area contributed by atoms with Crippen molar-refractivity contribution in [2.24, 2.45) is 11.7 Å². The summed E-state index contributed by atoms with van der Waals surface area (Å²) in [6.45, 7) is 10.1. The zero-order chi connectivity index (χ0) is 15.8. The molecule has 0 aromatic heterocycles. The standard InChI is InChI=1S/C18H33N3/c1-6-17(18(19)16-10-8-7-9-11-16)21(14-15(2)3)13-12-20(4)5/h7-11,15,17-18H,6,12-14,19H2,1-5H3. The second-order valence-corrected chi connectivity index (χ2v) is 6.60. The summed E-state index contributed by atoms with van der Waals surface area (Å²) in [6, 6.07) is 11.0. The molecule has 21 heavy (non-hydrogen) atoms. The van der Waals surface area contributed by atoms with Gasteiger partial charge in [-0.3, -0.25) is 4.90 Å². The number of likely N-dealkylation sites (N-methyl/N-ethyl adjacent to an activating group) is 1. The summed E-state index contributed by atoms with van der Waals surface area (Å²) >= 11 is 0. The lowest BCUT2D eigenvalue weighted by atomic mass is 9.96. The number of nitrogens with two attached hydrogens (primary N) is 1. The van der Waals surface area contributed by atoms with Crippen LogP contribution in [0.15, 0.2) is 30.3 Å². The van der Waals surface area contributed by atoms with Crippen LogP contribution >= 0.6 is 0 Å². The van der Waals surface area contributed by atoms with Gasteiger partial charge in [-0.1, -0.05) is 51.1 Å². The predicted octanol–water partition coefficient (Wildman–Crippen LogP) is 2.98. The molecule has 0 aliphatic carbocycles. The number of nitrogens with zero attached hydrogens (tertiary/aromatic N) is 2. The van der Waals surface area contributed by atoms with E-state index < -0.39 is 0 Å². The fourth-order valence-electron chi connectivity index (χ4n) is 2.83. The van der Waals surface area contributed by atoms with Crippen molar-refractivity contribution in [2.45, 2.75) is 39.3 Å². The molecule has 0 bridgehead atoms. The minimum absolute atomic E-state index is 0.0807. The van der Waals surface area contributed by atoms with Crippen LogP contribution in [0.1, 0.15) is 38.8 Å². The van der Waals surface area contributed by atoms with Crippen molar-refractivity contribution in [3.05, 3.63) is 35.9 Å². The molecule has 0 saturated carbocycles. The van der Waals surface area contributed by atoms with E-state index in [0.29, 0.717) is 12.0 Å². The Labute approximate surface area is 131 Å². The molecule has 0 amide bonds. The van der Waals surface area contributed by atoms with Crippen LogP contribution in [-0.2, 0) is 0 Å². The molecule has 0 fully saturated rings. The second-order valence-electron chi connectivity index (χ2n) is 6.60. The molecule has 0 aliphatic rings. The highest BCUT2D eigenvalue weighted by atomic mass is 15.2. The van der Waals surface area contributed by atoms with Crippen molar-refractivity contribution in [1.82, 2.24) is 9.80 Å². The molecule has 3 heteroatoms. The zero-order valence-electron chi connectivity index (χ0n) is 14.4. The number of hydrogen-bond acceptors (Lipinski definition) is 3. The van der Waals surface area contributed by atoms with Gasteiger partial charge in [0, 0.05) is 31.7 Å². The molecule has 0 radical (unpaired) electrons. The Morgan fingerprint density at radius 1 is 1.05 bits per heavy atom. The van der Waals surface area contributed by atoms with E-state index in [1.165, 1.54) is 5.56 Å². The van der Waals surface area contributed by atoms with Crippen LogP contribution in [0.4, 0.5) is 0 Å². The van der Waals surface area contributed by atoms with Crippen molar-refractivity contribution in [3.8, 4) is 0 Å². The van der Waals surface area contributed by atoms with Gasteiger partial charge in [0.05, 0.1) is 0 Å². The molecule has 2 atom stereocenters. The Bertz CT molecular complexity index is 375. The first-order valence-electron chi connectivity index (χ1n) is 8.15. The van der Waals surface area contributed by atoms with Crippen molar-refractivity contribution in [2.75, 3.05) is 33.7 Å². The molecule has 120 valence electrons. The van der Waals surface area contributed by atoms with Gasteiger partial charge in [0.2, 0.25) is 0 Å². The summed E-state index contributed by atoms with van der Waals surface area (Å²) in [5.74, 6) is 0.657. The average Bonchev–Trinajstić information content (AvgIpc) is 2.45. The number of rotatable bonds is 9. The van der Waals surface area contributed by atoms with Crippen LogP contribution in [0.2, 0.25) is 0 Å². The summed E-state index contributed by atoms with van der Waals surface area (Å²) in [4.78, 5) is 4.82. The van der Waals surface area contributed by atoms with E-state index in [1.807, 2.05) is 0 Å². The topological polar surface area (TPSA) is 32.5 Å². The molecule has 1 rings (SSSR count). The molecule has 1 aromatic carbocycles. The van der Waals surface area contributed by atoms with Crippen molar-refractivity contribution >= 4 is 0 Å². The predicted molar refractivity (Wildman–Crippen MR) is 92.4 cm³/mol. The van der Waals surface area contributed by atoms with Gasteiger partial charge in [-0.05, 0) is 32.0 Å². The lowest BCUT2D eigenvalue weighted by Crippen LogP contribution is -2.46. The molecular weight excluding hydrogens is 258 g/mol. The first kappa shape index (κ1) is 18.1. The Kier molecular flexibility index (Phi) is 7.94. The van der Waals surface area contributed by atoms with Crippen LogP contribution < -0.4 is 5.73 Å². The van der Waals surface area contributed by atoms with Crippen molar-refractivity contribution < 1.29 is 0 Å². The normalized spacial score (nSPS) is 14.9. The molecular formula is C18H33N3. The minimum atomic E-state index is 0.0807. The van der Waals surface area contributed by atoms with Crippen LogP contribution in [0.5, 0.6) is 0 Å². The highest BCUT2D eigenvalue weighted by molar-refractivity contribution is 5.20. The third-order valence-electron chi connectivity index (χ3n) is 3.92. The SMILES string of the molecule is CCC(C(N)c1ccccc1)N(CCN(C)C)CC(C)C. The number of hydrogen-bond donors (Lipinski definition) is 1. The Morgan fingerprint density at radius 2 is 1.67 bits per heavy atom. The van der Waals surface area contributed by atoms with Crippen LogP contribution in [0, 0.1) is 5.92 Å². The second kappa shape index (κ2) is 9.19. The van der Waals surface area contributed by atoms with E-state index in [2.05, 4.69) is 75.0 Å². The maximum Gasteiger partial charge on any atom is 0.0453 e. The summed E-state index contributed by atoms with van der Waals surface area (Å²) in [5, 5.41) is 0. The molecule has 2 N–H and O–H groups in total. The van der Waals surface area contributed by atoms with Crippen molar-refractivity contribution in [3.63, 3.8) is 0 Å². The van der Waals surface area contributed by atoms with Crippen LogP contribution in [0.25, 0.3) is 0 Å². The smallest absolute Gasteiger partial charge is 0.0453 e. The molecule has 0 saturated heterocycles. The summed E-state index contributed by atoms with van der Waals surface area (Å²) in [6.07, 6.45) is 1.08. The first-order valence-corrected chi connectivity index (χ1v) is 8.15. The lowest BCUT2D eigenvalue weighted by Gasteiger charge is -2.37.